The summed E-state index contributed by atoms with van der Waals surface area (Å²) in [4.78, 5) is 16.2. The van der Waals surface area contributed by atoms with Gasteiger partial charge < -0.3 is 0 Å². The highest BCUT2D eigenvalue weighted by atomic mass is 16.2. The van der Waals surface area contributed by atoms with E-state index >= 15 is 0 Å². The zero-order valence-electron chi connectivity index (χ0n) is 8.75. The maximum atomic E-state index is 11.7. The average Bonchev–Trinajstić information content (AvgIpc) is 2.74. The number of hydrogen-bond acceptors (Lipinski definition) is 2. The number of amidine groups is 1. The number of aliphatic imine (C=N–C) groups is 1. The molecule has 1 radical (unpaired) electrons. The number of rotatable bonds is 3. The Kier molecular flexibility index (Phi) is 2.57. The third-order valence-corrected chi connectivity index (χ3v) is 3.16. The van der Waals surface area contributed by atoms with E-state index in [2.05, 4.69) is 17.2 Å². The van der Waals surface area contributed by atoms with Crippen LogP contribution in [0, 0.1) is 0 Å². The third kappa shape index (κ3) is 1.56. The molecule has 2 aliphatic rings. The molecule has 1 fully saturated rings. The minimum absolute atomic E-state index is 0.0288. The molecule has 0 saturated heterocycles. The molecule has 1 aliphatic carbocycles. The van der Waals surface area contributed by atoms with E-state index in [1.807, 2.05) is 0 Å². The van der Waals surface area contributed by atoms with Crippen molar-refractivity contribution in [2.24, 2.45) is 4.99 Å². The first-order valence-corrected chi connectivity index (χ1v) is 5.62. The minimum Gasteiger partial charge on any atom is -0.270 e. The van der Waals surface area contributed by atoms with Crippen LogP contribution in [0.1, 0.15) is 51.9 Å². The predicted octanol–water partition coefficient (Wildman–Crippen LogP) is 2.03. The number of hydrogen-bond donors (Lipinski definition) is 0. The monoisotopic (exact) mass is 193 g/mol. The Hall–Kier alpha value is -0.860. The van der Waals surface area contributed by atoms with Crippen LogP contribution in [0.25, 0.3) is 0 Å². The summed E-state index contributed by atoms with van der Waals surface area (Å²) in [6.07, 6.45) is 7.21. The Bertz CT molecular complexity index is 264. The molecule has 0 aromatic rings. The van der Waals surface area contributed by atoms with E-state index in [4.69, 9.17) is 0 Å². The number of carbonyl (C=O) groups is 1. The van der Waals surface area contributed by atoms with E-state index < -0.39 is 5.54 Å². The van der Waals surface area contributed by atoms with Gasteiger partial charge in [0.05, 0.1) is 0 Å². The second-order valence-electron chi connectivity index (χ2n) is 4.29. The summed E-state index contributed by atoms with van der Waals surface area (Å²) < 4.78 is 0. The Labute approximate surface area is 85.0 Å². The smallest absolute Gasteiger partial charge is 0.270 e. The van der Waals surface area contributed by atoms with Crippen LogP contribution in [-0.2, 0) is 4.79 Å². The van der Waals surface area contributed by atoms with Crippen LogP contribution in [0.5, 0.6) is 0 Å². The zero-order chi connectivity index (χ0) is 10.0. The highest BCUT2D eigenvalue weighted by Crippen LogP contribution is 2.36. The SMILES string of the molecule is CCCCC1=NC2(CCCC2)C(=O)[N]1. The fourth-order valence-electron chi connectivity index (χ4n) is 2.27. The van der Waals surface area contributed by atoms with Crippen molar-refractivity contribution in [2.45, 2.75) is 57.4 Å². The van der Waals surface area contributed by atoms with Gasteiger partial charge in [0.2, 0.25) is 0 Å². The molecule has 14 heavy (non-hydrogen) atoms. The van der Waals surface area contributed by atoms with Crippen molar-refractivity contribution in [1.82, 2.24) is 5.32 Å². The van der Waals surface area contributed by atoms with E-state index in [1.54, 1.807) is 0 Å². The quantitative estimate of drug-likeness (QED) is 0.676. The Morgan fingerprint density at radius 3 is 2.71 bits per heavy atom. The van der Waals surface area contributed by atoms with Gasteiger partial charge in [-0.15, -0.1) is 0 Å². The van der Waals surface area contributed by atoms with E-state index in [1.165, 1.54) is 0 Å². The van der Waals surface area contributed by atoms with Crippen molar-refractivity contribution in [3.63, 3.8) is 0 Å². The Morgan fingerprint density at radius 1 is 1.36 bits per heavy atom. The number of carbonyl (C=O) groups excluding carboxylic acids is 1. The lowest BCUT2D eigenvalue weighted by atomic mass is 9.99. The van der Waals surface area contributed by atoms with Crippen molar-refractivity contribution in [2.75, 3.05) is 0 Å². The predicted molar refractivity (Wildman–Crippen MR) is 55.3 cm³/mol. The largest absolute Gasteiger partial charge is 0.275 e. The first kappa shape index (κ1) is 9.69. The maximum absolute atomic E-state index is 11.7. The first-order chi connectivity index (χ1) is 6.77. The van der Waals surface area contributed by atoms with E-state index in [0.29, 0.717) is 0 Å². The molecule has 3 heteroatoms. The second kappa shape index (κ2) is 3.71. The van der Waals surface area contributed by atoms with Crippen LogP contribution in [0.4, 0.5) is 0 Å². The molecule has 77 valence electrons. The molecule has 1 aliphatic heterocycles. The summed E-state index contributed by atoms with van der Waals surface area (Å²) in [6.45, 7) is 2.14. The van der Waals surface area contributed by atoms with Crippen LogP contribution >= 0.6 is 0 Å². The number of amides is 1. The summed E-state index contributed by atoms with van der Waals surface area (Å²) in [6, 6.07) is 0. The van der Waals surface area contributed by atoms with Gasteiger partial charge in [-0.05, 0) is 19.3 Å². The van der Waals surface area contributed by atoms with Gasteiger partial charge >= 0.3 is 0 Å². The van der Waals surface area contributed by atoms with Gasteiger partial charge in [-0.1, -0.05) is 26.2 Å². The zero-order valence-corrected chi connectivity index (χ0v) is 8.75. The van der Waals surface area contributed by atoms with Crippen molar-refractivity contribution in [3.8, 4) is 0 Å². The van der Waals surface area contributed by atoms with Gasteiger partial charge in [0.1, 0.15) is 11.4 Å². The molecular formula is C11H17N2O. The van der Waals surface area contributed by atoms with Gasteiger partial charge in [0.15, 0.2) is 0 Å². The van der Waals surface area contributed by atoms with E-state index in [-0.39, 0.29) is 5.91 Å². The molecule has 0 unspecified atom stereocenters. The highest BCUT2D eigenvalue weighted by molar-refractivity contribution is 6.07. The van der Waals surface area contributed by atoms with Crippen molar-refractivity contribution in [1.29, 1.82) is 0 Å². The molecular weight excluding hydrogens is 176 g/mol. The molecule has 1 amide bonds. The van der Waals surface area contributed by atoms with Gasteiger partial charge in [-0.3, -0.25) is 9.79 Å². The van der Waals surface area contributed by atoms with Crippen molar-refractivity contribution >= 4 is 11.7 Å². The van der Waals surface area contributed by atoms with Crippen molar-refractivity contribution < 1.29 is 4.79 Å². The lowest BCUT2D eigenvalue weighted by Gasteiger charge is -2.13. The molecule has 1 saturated carbocycles. The lowest BCUT2D eigenvalue weighted by Crippen LogP contribution is -2.33. The Morgan fingerprint density at radius 2 is 2.07 bits per heavy atom. The van der Waals surface area contributed by atoms with E-state index in [0.717, 1.165) is 50.8 Å². The van der Waals surface area contributed by atoms with Gasteiger partial charge in [0.25, 0.3) is 5.91 Å². The lowest BCUT2D eigenvalue weighted by molar-refractivity contribution is -0.123. The fourth-order valence-corrected chi connectivity index (χ4v) is 2.27. The van der Waals surface area contributed by atoms with Gasteiger partial charge in [0, 0.05) is 6.42 Å². The molecule has 0 N–H and O–H groups in total. The maximum Gasteiger partial charge on any atom is 0.275 e. The molecule has 0 atom stereocenters. The van der Waals surface area contributed by atoms with Crippen LogP contribution < -0.4 is 5.32 Å². The number of unbranched alkanes of at least 4 members (excludes halogenated alkanes) is 1. The molecule has 0 aromatic heterocycles. The summed E-state index contributed by atoms with van der Waals surface area (Å²) in [5.74, 6) is 0.833. The highest BCUT2D eigenvalue weighted by Gasteiger charge is 2.46. The van der Waals surface area contributed by atoms with Crippen LogP contribution in [0.15, 0.2) is 4.99 Å². The summed E-state index contributed by atoms with van der Waals surface area (Å²) in [5.41, 5.74) is -0.400. The molecule has 0 aromatic carbocycles. The van der Waals surface area contributed by atoms with Crippen LogP contribution in [0.3, 0.4) is 0 Å². The van der Waals surface area contributed by atoms with Crippen LogP contribution in [0.2, 0.25) is 0 Å². The summed E-state index contributed by atoms with van der Waals surface area (Å²) in [5, 5.41) is 4.07. The third-order valence-electron chi connectivity index (χ3n) is 3.16. The molecule has 3 nitrogen and oxygen atoms in total. The summed E-state index contributed by atoms with van der Waals surface area (Å²) in [7, 11) is 0. The molecule has 1 spiro atoms. The first-order valence-electron chi connectivity index (χ1n) is 5.62. The van der Waals surface area contributed by atoms with Crippen molar-refractivity contribution in [3.05, 3.63) is 0 Å². The summed E-state index contributed by atoms with van der Waals surface area (Å²) >= 11 is 0. The molecule has 0 bridgehead atoms. The van der Waals surface area contributed by atoms with Gasteiger partial charge in [-0.2, -0.15) is 5.32 Å². The fraction of sp³-hybridized carbons (Fsp3) is 0.818. The normalized spacial score (nSPS) is 24.1. The average molecular weight is 193 g/mol. The second-order valence-corrected chi connectivity index (χ2v) is 4.29. The van der Waals surface area contributed by atoms with Gasteiger partial charge in [-0.25, -0.2) is 0 Å². The standard InChI is InChI=1S/C11H17N2O/c1-2-3-6-9-12-10(14)11(13-9)7-4-5-8-11/h2-8H2,1H3. The molecule has 2 rings (SSSR count). The minimum atomic E-state index is -0.400. The van der Waals surface area contributed by atoms with Crippen LogP contribution in [-0.4, -0.2) is 17.3 Å². The topological polar surface area (TPSA) is 43.5 Å². The van der Waals surface area contributed by atoms with E-state index in [9.17, 15) is 4.79 Å². The number of nitrogens with zero attached hydrogens (tertiary/aromatic N) is 2. The molecule has 1 heterocycles. The Balaban J connectivity index is 2.05.